The molecule has 3 aromatic rings. The van der Waals surface area contributed by atoms with E-state index in [1.54, 1.807) is 6.20 Å². The second-order valence-corrected chi connectivity index (χ2v) is 6.69. The average molecular weight is 371 g/mol. The first-order chi connectivity index (χ1) is 12.7. The maximum Gasteiger partial charge on any atom is 0.150 e. The van der Waals surface area contributed by atoms with Crippen LogP contribution in [-0.4, -0.2) is 29.9 Å². The number of hydrogen-bond donors (Lipinski definition) is 2. The minimum absolute atomic E-state index is 0.0161. The van der Waals surface area contributed by atoms with Crippen LogP contribution in [0, 0.1) is 0 Å². The summed E-state index contributed by atoms with van der Waals surface area (Å²) in [4.78, 5) is 12.6. The van der Waals surface area contributed by atoms with Gasteiger partial charge >= 0.3 is 0 Å². The van der Waals surface area contributed by atoms with E-state index in [-0.39, 0.29) is 6.04 Å². The van der Waals surface area contributed by atoms with Crippen LogP contribution < -0.4 is 10.6 Å². The highest BCUT2D eigenvalue weighted by molar-refractivity contribution is 6.35. The van der Waals surface area contributed by atoms with E-state index in [1.165, 1.54) is 19.2 Å². The Morgan fingerprint density at radius 2 is 2.15 bits per heavy atom. The van der Waals surface area contributed by atoms with Gasteiger partial charge in [-0.1, -0.05) is 22.9 Å². The summed E-state index contributed by atoms with van der Waals surface area (Å²) in [5.74, 6) is 1.13. The lowest BCUT2D eigenvalue weighted by Crippen LogP contribution is -2.10. The molecule has 0 aliphatic heterocycles. The van der Waals surface area contributed by atoms with Crippen molar-refractivity contribution < 1.29 is 0 Å². The standard InChI is InChI=1S/C17H19ClN8/c1-11(12-3-2-6-19-7-12)23-17-15(18)16(21-10-22-17)20-8-13-9-26(25-24-13)14-4-5-14/h2-3,6-7,9-11,14H,4-5,8H2,1H3,(H2,20,21,22,23). The van der Waals surface area contributed by atoms with Crippen molar-refractivity contribution in [1.82, 2.24) is 29.9 Å². The molecule has 4 rings (SSSR count). The SMILES string of the molecule is CC(Nc1ncnc(NCc2cn(C3CC3)nn2)c1Cl)c1cccnc1. The van der Waals surface area contributed by atoms with Gasteiger partial charge in [0.05, 0.1) is 24.8 Å². The summed E-state index contributed by atoms with van der Waals surface area (Å²) in [6.07, 6.45) is 9.36. The van der Waals surface area contributed by atoms with E-state index in [2.05, 4.69) is 35.9 Å². The summed E-state index contributed by atoms with van der Waals surface area (Å²) in [5, 5.41) is 15.3. The molecule has 1 fully saturated rings. The van der Waals surface area contributed by atoms with E-state index >= 15 is 0 Å². The van der Waals surface area contributed by atoms with Gasteiger partial charge in [-0.3, -0.25) is 4.98 Å². The van der Waals surface area contributed by atoms with Crippen molar-refractivity contribution in [2.45, 2.75) is 38.4 Å². The van der Waals surface area contributed by atoms with Crippen molar-refractivity contribution in [3.63, 3.8) is 0 Å². The topological polar surface area (TPSA) is 93.4 Å². The minimum atomic E-state index is 0.0161. The number of nitrogens with one attached hydrogen (secondary N) is 2. The lowest BCUT2D eigenvalue weighted by atomic mass is 10.1. The van der Waals surface area contributed by atoms with Crippen LogP contribution >= 0.6 is 11.6 Å². The number of hydrogen-bond acceptors (Lipinski definition) is 7. The van der Waals surface area contributed by atoms with Crippen LogP contribution in [-0.2, 0) is 6.54 Å². The fourth-order valence-corrected chi connectivity index (χ4v) is 2.82. The molecule has 0 amide bonds. The number of pyridine rings is 1. The van der Waals surface area contributed by atoms with Gasteiger partial charge < -0.3 is 10.6 Å². The molecule has 0 saturated heterocycles. The van der Waals surface area contributed by atoms with Gasteiger partial charge in [-0.2, -0.15) is 0 Å². The summed E-state index contributed by atoms with van der Waals surface area (Å²) in [7, 11) is 0. The first-order valence-corrected chi connectivity index (χ1v) is 8.90. The molecule has 2 N–H and O–H groups in total. The fraction of sp³-hybridized carbons (Fsp3) is 0.353. The van der Waals surface area contributed by atoms with Gasteiger partial charge in [0.25, 0.3) is 0 Å². The molecule has 0 spiro atoms. The Morgan fingerprint density at radius 3 is 2.92 bits per heavy atom. The van der Waals surface area contributed by atoms with Gasteiger partial charge in [-0.05, 0) is 31.4 Å². The van der Waals surface area contributed by atoms with E-state index in [4.69, 9.17) is 11.6 Å². The normalized spacial score (nSPS) is 14.8. The molecule has 26 heavy (non-hydrogen) atoms. The number of aromatic nitrogens is 6. The average Bonchev–Trinajstić information content (AvgIpc) is 3.41. The van der Waals surface area contributed by atoms with Gasteiger partial charge in [0, 0.05) is 12.4 Å². The third-order valence-electron chi connectivity index (χ3n) is 4.24. The van der Waals surface area contributed by atoms with Crippen LogP contribution in [0.5, 0.6) is 0 Å². The lowest BCUT2D eigenvalue weighted by Gasteiger charge is -2.16. The Labute approximate surface area is 156 Å². The Bertz CT molecular complexity index is 877. The first-order valence-electron chi connectivity index (χ1n) is 8.52. The van der Waals surface area contributed by atoms with E-state index in [9.17, 15) is 0 Å². The quantitative estimate of drug-likeness (QED) is 0.659. The molecule has 0 bridgehead atoms. The van der Waals surface area contributed by atoms with Gasteiger partial charge in [0.15, 0.2) is 11.6 Å². The molecule has 1 atom stereocenters. The van der Waals surface area contributed by atoms with E-state index < -0.39 is 0 Å². The highest BCUT2D eigenvalue weighted by Gasteiger charge is 2.24. The Kier molecular flexibility index (Phi) is 4.66. The van der Waals surface area contributed by atoms with Crippen LogP contribution in [0.25, 0.3) is 0 Å². The van der Waals surface area contributed by atoms with Crippen LogP contribution in [0.1, 0.15) is 43.1 Å². The summed E-state index contributed by atoms with van der Waals surface area (Å²) < 4.78 is 1.92. The van der Waals surface area contributed by atoms with Crippen molar-refractivity contribution in [1.29, 1.82) is 0 Å². The number of halogens is 1. The van der Waals surface area contributed by atoms with Crippen LogP contribution in [0.15, 0.2) is 37.1 Å². The zero-order valence-corrected chi connectivity index (χ0v) is 15.1. The zero-order valence-electron chi connectivity index (χ0n) is 14.3. The molecule has 9 heteroatoms. The van der Waals surface area contributed by atoms with Gasteiger partial charge in [-0.15, -0.1) is 5.10 Å². The largest absolute Gasteiger partial charge is 0.363 e. The van der Waals surface area contributed by atoms with Crippen molar-refractivity contribution in [3.05, 3.63) is 53.3 Å². The first kappa shape index (κ1) is 16.7. The molecule has 134 valence electrons. The van der Waals surface area contributed by atoms with Crippen molar-refractivity contribution in [2.24, 2.45) is 0 Å². The third kappa shape index (κ3) is 3.75. The van der Waals surface area contributed by atoms with Crippen LogP contribution in [0.3, 0.4) is 0 Å². The Hall–Kier alpha value is -2.74. The highest BCUT2D eigenvalue weighted by Crippen LogP contribution is 2.34. The van der Waals surface area contributed by atoms with Crippen LogP contribution in [0.2, 0.25) is 5.02 Å². The van der Waals surface area contributed by atoms with Crippen LogP contribution in [0.4, 0.5) is 11.6 Å². The van der Waals surface area contributed by atoms with Crippen molar-refractivity contribution in [3.8, 4) is 0 Å². The van der Waals surface area contributed by atoms with E-state index in [0.29, 0.717) is 29.2 Å². The predicted octanol–water partition coefficient (Wildman–Crippen LogP) is 3.24. The maximum atomic E-state index is 6.47. The van der Waals surface area contributed by atoms with Gasteiger partial charge in [-0.25, -0.2) is 14.6 Å². The lowest BCUT2D eigenvalue weighted by molar-refractivity contribution is 0.610. The molecule has 3 heterocycles. The number of rotatable bonds is 7. The molecule has 0 aromatic carbocycles. The van der Waals surface area contributed by atoms with Gasteiger partial charge in [0.1, 0.15) is 17.0 Å². The highest BCUT2D eigenvalue weighted by atomic mass is 35.5. The second kappa shape index (κ2) is 7.25. The number of nitrogens with zero attached hydrogens (tertiary/aromatic N) is 6. The monoisotopic (exact) mass is 370 g/mol. The molecular weight excluding hydrogens is 352 g/mol. The maximum absolute atomic E-state index is 6.47. The molecule has 0 radical (unpaired) electrons. The van der Waals surface area contributed by atoms with E-state index in [1.807, 2.05) is 36.1 Å². The fourth-order valence-electron chi connectivity index (χ4n) is 2.60. The molecule has 8 nitrogen and oxygen atoms in total. The zero-order chi connectivity index (χ0) is 17.9. The molecule has 1 unspecified atom stereocenters. The summed E-state index contributed by atoms with van der Waals surface area (Å²) in [6.45, 7) is 2.53. The summed E-state index contributed by atoms with van der Waals surface area (Å²) in [5.41, 5.74) is 1.90. The Balaban J connectivity index is 1.43. The molecule has 1 saturated carbocycles. The van der Waals surface area contributed by atoms with E-state index in [0.717, 1.165) is 11.3 Å². The predicted molar refractivity (Wildman–Crippen MR) is 98.9 cm³/mol. The second-order valence-electron chi connectivity index (χ2n) is 6.31. The third-order valence-corrected chi connectivity index (χ3v) is 4.60. The van der Waals surface area contributed by atoms with Crippen molar-refractivity contribution >= 4 is 23.2 Å². The summed E-state index contributed by atoms with van der Waals surface area (Å²) in [6, 6.07) is 4.44. The minimum Gasteiger partial charge on any atom is -0.363 e. The molecule has 1 aliphatic rings. The molecular formula is C17H19ClN8. The smallest absolute Gasteiger partial charge is 0.150 e. The van der Waals surface area contributed by atoms with Crippen molar-refractivity contribution in [2.75, 3.05) is 10.6 Å². The van der Waals surface area contributed by atoms with Gasteiger partial charge in [0.2, 0.25) is 0 Å². The molecule has 1 aliphatic carbocycles. The molecule has 3 aromatic heterocycles. The Morgan fingerprint density at radius 1 is 1.31 bits per heavy atom. The number of anilines is 2. The summed E-state index contributed by atoms with van der Waals surface area (Å²) >= 11 is 6.47.